The smallest absolute Gasteiger partial charge is 0.330 e. The molecule has 1 aromatic rings. The SMILES string of the molecule is COC(=O)/C=C/P(C)(=O)c1ccccc1. The fraction of sp³-hybridized carbons (Fsp3) is 0.182. The summed E-state index contributed by atoms with van der Waals surface area (Å²) in [6.07, 6.45) is 1.20. The minimum atomic E-state index is -2.59. The van der Waals surface area contributed by atoms with E-state index in [1.54, 1.807) is 18.8 Å². The first-order valence-electron chi connectivity index (χ1n) is 4.46. The second kappa shape index (κ2) is 4.94. The maximum absolute atomic E-state index is 12.1. The number of methoxy groups -OCH3 is 1. The van der Waals surface area contributed by atoms with Crippen molar-refractivity contribution < 1.29 is 14.1 Å². The monoisotopic (exact) mass is 224 g/mol. The largest absolute Gasteiger partial charge is 0.466 e. The molecule has 0 heterocycles. The maximum atomic E-state index is 12.1. The maximum Gasteiger partial charge on any atom is 0.330 e. The number of carbonyl (C=O) groups is 1. The molecule has 0 aromatic heterocycles. The molecule has 0 aliphatic heterocycles. The number of benzene rings is 1. The Bertz CT molecular complexity index is 409. The Morgan fingerprint density at radius 1 is 1.33 bits per heavy atom. The number of hydrogen-bond acceptors (Lipinski definition) is 3. The van der Waals surface area contributed by atoms with Crippen LogP contribution in [-0.4, -0.2) is 19.7 Å². The molecular weight excluding hydrogens is 211 g/mol. The predicted molar refractivity (Wildman–Crippen MR) is 60.8 cm³/mol. The first-order chi connectivity index (χ1) is 7.06. The van der Waals surface area contributed by atoms with E-state index < -0.39 is 13.1 Å². The van der Waals surface area contributed by atoms with Crippen LogP contribution in [0.2, 0.25) is 0 Å². The predicted octanol–water partition coefficient (Wildman–Crippen LogP) is 1.99. The lowest BCUT2D eigenvalue weighted by Gasteiger charge is -2.07. The summed E-state index contributed by atoms with van der Waals surface area (Å²) in [6, 6.07) is 9.05. The van der Waals surface area contributed by atoms with Crippen molar-refractivity contribution in [2.45, 2.75) is 0 Å². The zero-order valence-corrected chi connectivity index (χ0v) is 9.61. The van der Waals surface area contributed by atoms with Gasteiger partial charge >= 0.3 is 5.97 Å². The van der Waals surface area contributed by atoms with Crippen molar-refractivity contribution in [3.63, 3.8) is 0 Å². The van der Waals surface area contributed by atoms with Crippen molar-refractivity contribution in [2.75, 3.05) is 13.8 Å². The Labute approximate surface area is 89.1 Å². The standard InChI is InChI=1S/C11H13O3P/c1-14-11(12)8-9-15(2,13)10-6-4-3-5-7-10/h3-9H,1-2H3/b9-8+. The van der Waals surface area contributed by atoms with Crippen LogP contribution in [0.15, 0.2) is 42.2 Å². The van der Waals surface area contributed by atoms with Crippen molar-refractivity contribution in [1.29, 1.82) is 0 Å². The summed E-state index contributed by atoms with van der Waals surface area (Å²) in [6.45, 7) is 1.61. The molecule has 0 radical (unpaired) electrons. The van der Waals surface area contributed by atoms with E-state index in [1.807, 2.05) is 18.2 Å². The summed E-state index contributed by atoms with van der Waals surface area (Å²) in [5.41, 5.74) is 0. The molecule has 0 fully saturated rings. The molecule has 3 nitrogen and oxygen atoms in total. The van der Waals surface area contributed by atoms with Gasteiger partial charge in [-0.05, 0) is 12.5 Å². The molecular formula is C11H13O3P. The van der Waals surface area contributed by atoms with E-state index >= 15 is 0 Å². The zero-order chi connectivity index (χ0) is 11.3. The second-order valence-corrected chi connectivity index (χ2v) is 5.96. The van der Waals surface area contributed by atoms with Gasteiger partial charge in [-0.2, -0.15) is 0 Å². The highest BCUT2D eigenvalue weighted by molar-refractivity contribution is 7.73. The number of hydrogen-bond donors (Lipinski definition) is 0. The molecule has 4 heteroatoms. The van der Waals surface area contributed by atoms with E-state index in [-0.39, 0.29) is 0 Å². The summed E-state index contributed by atoms with van der Waals surface area (Å²) in [4.78, 5) is 10.9. The molecule has 80 valence electrons. The van der Waals surface area contributed by atoms with Gasteiger partial charge in [-0.1, -0.05) is 30.3 Å². The van der Waals surface area contributed by atoms with Gasteiger partial charge in [0.2, 0.25) is 0 Å². The lowest BCUT2D eigenvalue weighted by atomic mass is 10.4. The molecule has 0 N–H and O–H groups in total. The molecule has 1 atom stereocenters. The van der Waals surface area contributed by atoms with Crippen LogP contribution >= 0.6 is 7.14 Å². The quantitative estimate of drug-likeness (QED) is 0.448. The first kappa shape index (κ1) is 11.7. The van der Waals surface area contributed by atoms with E-state index in [1.165, 1.54) is 19.0 Å². The highest BCUT2D eigenvalue weighted by atomic mass is 31.2. The molecule has 0 aliphatic carbocycles. The number of carbonyl (C=O) groups excluding carboxylic acids is 1. The molecule has 0 saturated carbocycles. The normalized spacial score (nSPS) is 14.8. The fourth-order valence-corrected chi connectivity index (χ4v) is 2.42. The van der Waals surface area contributed by atoms with Gasteiger partial charge in [0.25, 0.3) is 0 Å². The van der Waals surface area contributed by atoms with Gasteiger partial charge in [-0.15, -0.1) is 0 Å². The van der Waals surface area contributed by atoms with Crippen LogP contribution in [0.4, 0.5) is 0 Å². The summed E-state index contributed by atoms with van der Waals surface area (Å²) >= 11 is 0. The van der Waals surface area contributed by atoms with Gasteiger partial charge in [0.1, 0.15) is 7.14 Å². The molecule has 0 spiro atoms. The Morgan fingerprint density at radius 2 is 1.93 bits per heavy atom. The summed E-state index contributed by atoms with van der Waals surface area (Å²) in [5.74, 6) is 0.918. The van der Waals surface area contributed by atoms with E-state index in [0.717, 1.165) is 5.30 Å². The fourth-order valence-electron chi connectivity index (χ4n) is 1.08. The van der Waals surface area contributed by atoms with Crippen molar-refractivity contribution in [2.24, 2.45) is 0 Å². The lowest BCUT2D eigenvalue weighted by Crippen LogP contribution is -2.01. The van der Waals surface area contributed by atoms with Gasteiger partial charge < -0.3 is 9.30 Å². The molecule has 15 heavy (non-hydrogen) atoms. The van der Waals surface area contributed by atoms with Crippen LogP contribution in [0.3, 0.4) is 0 Å². The van der Waals surface area contributed by atoms with Crippen molar-refractivity contribution in [3.05, 3.63) is 42.2 Å². The summed E-state index contributed by atoms with van der Waals surface area (Å²) < 4.78 is 16.6. The third kappa shape index (κ3) is 3.37. The van der Waals surface area contributed by atoms with E-state index in [0.29, 0.717) is 0 Å². The van der Waals surface area contributed by atoms with Gasteiger partial charge in [0.05, 0.1) is 7.11 Å². The van der Waals surface area contributed by atoms with E-state index in [4.69, 9.17) is 0 Å². The zero-order valence-electron chi connectivity index (χ0n) is 8.71. The highest BCUT2D eigenvalue weighted by Crippen LogP contribution is 2.41. The lowest BCUT2D eigenvalue weighted by molar-refractivity contribution is -0.134. The highest BCUT2D eigenvalue weighted by Gasteiger charge is 2.13. The number of esters is 1. The van der Waals surface area contributed by atoms with Gasteiger partial charge in [0.15, 0.2) is 0 Å². The third-order valence-corrected chi connectivity index (χ3v) is 4.01. The minimum absolute atomic E-state index is 0.493. The molecule has 1 unspecified atom stereocenters. The van der Waals surface area contributed by atoms with Crippen molar-refractivity contribution in [1.82, 2.24) is 0 Å². The van der Waals surface area contributed by atoms with Crippen LogP contribution in [0.5, 0.6) is 0 Å². The van der Waals surface area contributed by atoms with Crippen LogP contribution in [0.25, 0.3) is 0 Å². The molecule has 0 amide bonds. The average Bonchev–Trinajstić information content (AvgIpc) is 2.27. The van der Waals surface area contributed by atoms with Crippen LogP contribution in [-0.2, 0) is 14.1 Å². The van der Waals surface area contributed by atoms with Gasteiger partial charge in [-0.25, -0.2) is 4.79 Å². The number of ether oxygens (including phenoxy) is 1. The van der Waals surface area contributed by atoms with Crippen LogP contribution in [0, 0.1) is 0 Å². The second-order valence-electron chi connectivity index (χ2n) is 3.16. The molecule has 0 aliphatic rings. The Morgan fingerprint density at radius 3 is 2.47 bits per heavy atom. The topological polar surface area (TPSA) is 43.4 Å². The average molecular weight is 224 g/mol. The molecule has 1 aromatic carbocycles. The summed E-state index contributed by atoms with van der Waals surface area (Å²) in [5, 5.41) is 0.727. The molecule has 0 bridgehead atoms. The Kier molecular flexibility index (Phi) is 3.87. The third-order valence-electron chi connectivity index (χ3n) is 1.97. The Hall–Kier alpha value is -1.34. The first-order valence-corrected chi connectivity index (χ1v) is 6.68. The van der Waals surface area contributed by atoms with E-state index in [2.05, 4.69) is 4.74 Å². The van der Waals surface area contributed by atoms with Crippen LogP contribution < -0.4 is 5.30 Å². The molecule has 0 saturated heterocycles. The molecule has 1 rings (SSSR count). The van der Waals surface area contributed by atoms with Crippen LogP contribution in [0.1, 0.15) is 0 Å². The van der Waals surface area contributed by atoms with Gasteiger partial charge in [-0.3, -0.25) is 0 Å². The van der Waals surface area contributed by atoms with E-state index in [9.17, 15) is 9.36 Å². The minimum Gasteiger partial charge on any atom is -0.466 e. The van der Waals surface area contributed by atoms with Crippen molar-refractivity contribution >= 4 is 18.4 Å². The summed E-state index contributed by atoms with van der Waals surface area (Å²) in [7, 11) is -1.31. The van der Waals surface area contributed by atoms with Gasteiger partial charge in [0, 0.05) is 11.4 Å². The van der Waals surface area contributed by atoms with Crippen molar-refractivity contribution in [3.8, 4) is 0 Å². The Balaban J connectivity index is 2.90. The number of rotatable bonds is 3.